The van der Waals surface area contributed by atoms with Crippen LogP contribution in [0.4, 0.5) is 0 Å². The van der Waals surface area contributed by atoms with E-state index in [1.807, 2.05) is 12.1 Å². The van der Waals surface area contributed by atoms with Gasteiger partial charge in [0.2, 0.25) is 0 Å². The van der Waals surface area contributed by atoms with Crippen molar-refractivity contribution < 1.29 is 4.79 Å². The molecule has 2 aliphatic rings. The number of halogens is 1. The number of fused-ring (bicyclic) bond motifs is 2. The Morgan fingerprint density at radius 2 is 1.88 bits per heavy atom. The molecule has 1 spiro atoms. The Balaban J connectivity index is 1.65. The van der Waals surface area contributed by atoms with Crippen molar-refractivity contribution in [1.82, 2.24) is 9.88 Å². The number of nitrogens with zero attached hydrogens (tertiary/aromatic N) is 3. The lowest BCUT2D eigenvalue weighted by atomic mass is 9.62. The van der Waals surface area contributed by atoms with Crippen LogP contribution in [0.15, 0.2) is 72.0 Å². The normalized spacial score (nSPS) is 24.5. The van der Waals surface area contributed by atoms with Crippen LogP contribution in [0.25, 0.3) is 11.1 Å². The number of amides is 1. The molecule has 5 rings (SSSR count). The van der Waals surface area contributed by atoms with E-state index in [2.05, 4.69) is 54.4 Å². The molecule has 2 unspecified atom stereocenters. The number of aromatic nitrogens is 1. The molecule has 2 aromatic carbocycles. The van der Waals surface area contributed by atoms with Gasteiger partial charge < -0.3 is 5.73 Å². The smallest absolute Gasteiger partial charge is 0.261 e. The molecule has 2 heterocycles. The molecule has 2 N–H and O–H groups in total. The molecule has 3 aromatic rings. The average Bonchev–Trinajstić information content (AvgIpc) is 2.97. The van der Waals surface area contributed by atoms with Crippen LogP contribution in [-0.2, 0) is 23.2 Å². The van der Waals surface area contributed by atoms with Crippen LogP contribution in [0.1, 0.15) is 30.0 Å². The summed E-state index contributed by atoms with van der Waals surface area (Å²) in [6.45, 7) is 2.25. The molecule has 2 atom stereocenters. The molecule has 6 heteroatoms. The van der Waals surface area contributed by atoms with Crippen LogP contribution in [0.2, 0.25) is 5.02 Å². The van der Waals surface area contributed by atoms with Gasteiger partial charge in [0, 0.05) is 25.0 Å². The SMILES string of the molecule is CN1C(=O)C2(CC(C)(Cc3ccccc3)Cc3ccc(-c4cncc(Cl)c4)cc32)N=C1N. The summed E-state index contributed by atoms with van der Waals surface area (Å²) in [4.78, 5) is 24.1. The third-order valence-electron chi connectivity index (χ3n) is 6.67. The lowest BCUT2D eigenvalue weighted by Crippen LogP contribution is -2.47. The summed E-state index contributed by atoms with van der Waals surface area (Å²) in [5, 5.41) is 0.573. The number of likely N-dealkylation sites (N-methyl/N-ethyl adjacent to an activating group) is 1. The molecular weight excluding hydrogens is 420 g/mol. The number of aliphatic imine (C=N–C) groups is 1. The molecule has 162 valence electrons. The summed E-state index contributed by atoms with van der Waals surface area (Å²) in [5.74, 6) is 0.191. The highest BCUT2D eigenvalue weighted by Gasteiger charge is 2.55. The molecule has 0 radical (unpaired) electrons. The average molecular weight is 445 g/mol. The first-order chi connectivity index (χ1) is 15.3. The Bertz CT molecular complexity index is 1240. The van der Waals surface area contributed by atoms with Crippen LogP contribution in [-0.4, -0.2) is 28.8 Å². The second kappa shape index (κ2) is 7.45. The summed E-state index contributed by atoms with van der Waals surface area (Å²) >= 11 is 6.17. The number of pyridine rings is 1. The Hall–Kier alpha value is -3.18. The number of carbonyl (C=O) groups excluding carboxylic acids is 1. The minimum absolute atomic E-state index is 0.0726. The fourth-order valence-electron chi connectivity index (χ4n) is 5.30. The van der Waals surface area contributed by atoms with Gasteiger partial charge >= 0.3 is 0 Å². The van der Waals surface area contributed by atoms with E-state index in [1.54, 1.807) is 19.4 Å². The summed E-state index contributed by atoms with van der Waals surface area (Å²) < 4.78 is 0. The van der Waals surface area contributed by atoms with Gasteiger partial charge in [-0.1, -0.05) is 61.0 Å². The van der Waals surface area contributed by atoms with Gasteiger partial charge in [0.05, 0.1) is 5.02 Å². The molecule has 0 fully saturated rings. The lowest BCUT2D eigenvalue weighted by molar-refractivity contribution is -0.132. The number of benzene rings is 2. The Morgan fingerprint density at radius 3 is 2.56 bits per heavy atom. The number of hydrogen-bond acceptors (Lipinski definition) is 4. The van der Waals surface area contributed by atoms with Gasteiger partial charge in [-0.05, 0) is 59.1 Å². The van der Waals surface area contributed by atoms with Crippen molar-refractivity contribution in [2.75, 3.05) is 7.05 Å². The van der Waals surface area contributed by atoms with Gasteiger partial charge in [0.15, 0.2) is 11.5 Å². The van der Waals surface area contributed by atoms with Crippen LogP contribution in [0.5, 0.6) is 0 Å². The van der Waals surface area contributed by atoms with Crippen molar-refractivity contribution in [3.8, 4) is 11.1 Å². The minimum atomic E-state index is -1.02. The van der Waals surface area contributed by atoms with Gasteiger partial charge in [-0.25, -0.2) is 4.99 Å². The number of guanidine groups is 1. The van der Waals surface area contributed by atoms with E-state index < -0.39 is 5.54 Å². The highest BCUT2D eigenvalue weighted by Crippen LogP contribution is 2.51. The summed E-state index contributed by atoms with van der Waals surface area (Å²) in [5.41, 5.74) is 10.2. The van der Waals surface area contributed by atoms with E-state index in [4.69, 9.17) is 22.3 Å². The van der Waals surface area contributed by atoms with Crippen LogP contribution < -0.4 is 5.73 Å². The molecule has 32 heavy (non-hydrogen) atoms. The summed E-state index contributed by atoms with van der Waals surface area (Å²) in [6.07, 6.45) is 5.72. The van der Waals surface area contributed by atoms with Crippen LogP contribution in [0, 0.1) is 5.41 Å². The predicted octanol–water partition coefficient (Wildman–Crippen LogP) is 4.58. The zero-order valence-electron chi connectivity index (χ0n) is 18.2. The topological polar surface area (TPSA) is 71.6 Å². The van der Waals surface area contributed by atoms with Crippen molar-refractivity contribution >= 4 is 23.5 Å². The van der Waals surface area contributed by atoms with Gasteiger partial charge in [-0.2, -0.15) is 0 Å². The third-order valence-corrected chi connectivity index (χ3v) is 6.88. The first-order valence-corrected chi connectivity index (χ1v) is 11.1. The number of nitrogens with two attached hydrogens (primary N) is 1. The standard InChI is InChI=1S/C26H25ClN4O/c1-25(12-17-6-4-3-5-7-17)13-19-9-8-18(20-10-21(27)15-29-14-20)11-22(19)26(16-25)23(32)31(2)24(28)30-26/h3-11,14-15H,12-13,16H2,1-2H3,(H2,28,30). The number of carbonyl (C=O) groups is 1. The van der Waals surface area contributed by atoms with Crippen molar-refractivity contribution in [3.63, 3.8) is 0 Å². The Labute approximate surface area is 192 Å². The number of rotatable bonds is 3. The zero-order chi connectivity index (χ0) is 22.5. The highest BCUT2D eigenvalue weighted by molar-refractivity contribution is 6.30. The minimum Gasteiger partial charge on any atom is -0.369 e. The summed E-state index contributed by atoms with van der Waals surface area (Å²) in [6, 6.07) is 18.6. The van der Waals surface area contributed by atoms with E-state index in [0.29, 0.717) is 11.4 Å². The zero-order valence-corrected chi connectivity index (χ0v) is 18.9. The Kier molecular flexibility index (Phi) is 4.82. The summed E-state index contributed by atoms with van der Waals surface area (Å²) in [7, 11) is 1.70. The maximum Gasteiger partial charge on any atom is 0.261 e. The second-order valence-electron chi connectivity index (χ2n) is 9.28. The first kappa shape index (κ1) is 20.7. The number of hydrogen-bond donors (Lipinski definition) is 1. The molecule has 0 saturated heterocycles. The van der Waals surface area contributed by atoms with E-state index in [1.165, 1.54) is 10.5 Å². The van der Waals surface area contributed by atoms with Crippen molar-refractivity contribution in [1.29, 1.82) is 0 Å². The quantitative estimate of drug-likeness (QED) is 0.642. The molecule has 0 saturated carbocycles. The molecular formula is C26H25ClN4O. The highest BCUT2D eigenvalue weighted by atomic mass is 35.5. The van der Waals surface area contributed by atoms with Crippen molar-refractivity contribution in [2.45, 2.75) is 31.7 Å². The van der Waals surface area contributed by atoms with E-state index in [9.17, 15) is 4.79 Å². The van der Waals surface area contributed by atoms with Gasteiger partial charge in [0.25, 0.3) is 5.91 Å². The monoisotopic (exact) mass is 444 g/mol. The van der Waals surface area contributed by atoms with Crippen molar-refractivity contribution in [2.24, 2.45) is 16.1 Å². The molecule has 1 aliphatic carbocycles. The third kappa shape index (κ3) is 3.37. The van der Waals surface area contributed by atoms with E-state index in [-0.39, 0.29) is 17.3 Å². The van der Waals surface area contributed by atoms with Gasteiger partial charge in [-0.3, -0.25) is 14.7 Å². The maximum absolute atomic E-state index is 13.6. The fraction of sp³-hybridized carbons (Fsp3) is 0.269. The van der Waals surface area contributed by atoms with Gasteiger partial charge in [0.1, 0.15) is 0 Å². The second-order valence-corrected chi connectivity index (χ2v) is 9.72. The van der Waals surface area contributed by atoms with Gasteiger partial charge in [-0.15, -0.1) is 0 Å². The molecule has 1 amide bonds. The van der Waals surface area contributed by atoms with Crippen molar-refractivity contribution in [3.05, 3.63) is 88.7 Å². The molecule has 1 aliphatic heterocycles. The van der Waals surface area contributed by atoms with E-state index in [0.717, 1.165) is 35.1 Å². The van der Waals surface area contributed by atoms with Crippen LogP contribution >= 0.6 is 11.6 Å². The first-order valence-electron chi connectivity index (χ1n) is 10.7. The fourth-order valence-corrected chi connectivity index (χ4v) is 5.48. The largest absolute Gasteiger partial charge is 0.369 e. The molecule has 0 bridgehead atoms. The Morgan fingerprint density at radius 1 is 1.09 bits per heavy atom. The maximum atomic E-state index is 13.6. The molecule has 1 aromatic heterocycles. The van der Waals surface area contributed by atoms with E-state index >= 15 is 0 Å². The predicted molar refractivity (Wildman–Crippen MR) is 127 cm³/mol. The molecule has 5 nitrogen and oxygen atoms in total. The van der Waals surface area contributed by atoms with Crippen LogP contribution in [0.3, 0.4) is 0 Å². The lowest BCUT2D eigenvalue weighted by Gasteiger charge is -2.43.